The Kier molecular flexibility index (Phi) is 2.82. The zero-order valence-electron chi connectivity index (χ0n) is 9.73. The van der Waals surface area contributed by atoms with Crippen molar-refractivity contribution in [2.45, 2.75) is 0 Å². The van der Waals surface area contributed by atoms with Crippen LogP contribution in [0.5, 0.6) is 0 Å². The predicted octanol–water partition coefficient (Wildman–Crippen LogP) is 4.00. The maximum Gasteiger partial charge on any atom is 0.189 e. The Labute approximate surface area is 111 Å². The molecule has 0 unspecified atom stereocenters. The number of aromatic nitrogens is 2. The van der Waals surface area contributed by atoms with E-state index in [0.29, 0.717) is 0 Å². The molecule has 3 aromatic rings. The van der Waals surface area contributed by atoms with Crippen LogP contribution >= 0.6 is 12.2 Å². The van der Waals surface area contributed by atoms with E-state index in [9.17, 15) is 0 Å². The van der Waals surface area contributed by atoms with E-state index in [4.69, 9.17) is 12.2 Å². The topological polar surface area (TPSA) is 9.86 Å². The molecule has 0 saturated carbocycles. The maximum atomic E-state index is 5.52. The van der Waals surface area contributed by atoms with Gasteiger partial charge in [0, 0.05) is 23.8 Å². The molecule has 0 radical (unpaired) electrons. The summed E-state index contributed by atoms with van der Waals surface area (Å²) in [6, 6.07) is 20.2. The standard InChI is InChI=1S/C15H12N2S/c18-15-16(13-7-3-1-4-8-13)11-12-17(15)14-9-5-2-6-10-14/h1-12H. The SMILES string of the molecule is S=c1n(-c2ccccc2)ccn1-c1ccccc1. The molecular weight excluding hydrogens is 240 g/mol. The number of nitrogens with zero attached hydrogens (tertiary/aromatic N) is 2. The summed E-state index contributed by atoms with van der Waals surface area (Å²) in [7, 11) is 0. The van der Waals surface area contributed by atoms with E-state index >= 15 is 0 Å². The number of benzene rings is 2. The van der Waals surface area contributed by atoms with Crippen LogP contribution in [0.15, 0.2) is 73.1 Å². The molecule has 0 aliphatic rings. The molecule has 0 aliphatic carbocycles. The summed E-state index contributed by atoms with van der Waals surface area (Å²) in [5.74, 6) is 0. The van der Waals surface area contributed by atoms with Crippen molar-refractivity contribution in [2.75, 3.05) is 0 Å². The minimum atomic E-state index is 0.771. The van der Waals surface area contributed by atoms with Crippen molar-refractivity contribution < 1.29 is 0 Å². The summed E-state index contributed by atoms with van der Waals surface area (Å²) in [6.07, 6.45) is 3.98. The third kappa shape index (κ3) is 1.89. The molecule has 3 heteroatoms. The molecule has 0 amide bonds. The van der Waals surface area contributed by atoms with Gasteiger partial charge in [-0.15, -0.1) is 0 Å². The quantitative estimate of drug-likeness (QED) is 0.627. The van der Waals surface area contributed by atoms with Crippen molar-refractivity contribution in [1.29, 1.82) is 0 Å². The van der Waals surface area contributed by atoms with Crippen molar-refractivity contribution in [3.63, 3.8) is 0 Å². The lowest BCUT2D eigenvalue weighted by atomic mass is 10.3. The van der Waals surface area contributed by atoms with Crippen molar-refractivity contribution in [1.82, 2.24) is 9.13 Å². The largest absolute Gasteiger partial charge is 0.292 e. The molecule has 2 nitrogen and oxygen atoms in total. The van der Waals surface area contributed by atoms with Crippen LogP contribution in [-0.2, 0) is 0 Å². The first kappa shape index (κ1) is 11.0. The van der Waals surface area contributed by atoms with E-state index < -0.39 is 0 Å². The highest BCUT2D eigenvalue weighted by Gasteiger charge is 2.02. The third-order valence-corrected chi connectivity index (χ3v) is 3.24. The minimum Gasteiger partial charge on any atom is -0.292 e. The summed E-state index contributed by atoms with van der Waals surface area (Å²) >= 11 is 5.52. The van der Waals surface area contributed by atoms with Gasteiger partial charge in [-0.25, -0.2) is 0 Å². The zero-order chi connectivity index (χ0) is 12.4. The van der Waals surface area contributed by atoms with Gasteiger partial charge in [0.15, 0.2) is 4.77 Å². The average molecular weight is 252 g/mol. The summed E-state index contributed by atoms with van der Waals surface area (Å²) < 4.78 is 4.78. The van der Waals surface area contributed by atoms with Crippen molar-refractivity contribution >= 4 is 12.2 Å². The Bertz CT molecular complexity index is 636. The van der Waals surface area contributed by atoms with Crippen molar-refractivity contribution in [3.8, 4) is 11.4 Å². The fourth-order valence-corrected chi connectivity index (χ4v) is 2.28. The summed E-state index contributed by atoms with van der Waals surface area (Å²) in [5.41, 5.74) is 2.16. The molecule has 18 heavy (non-hydrogen) atoms. The highest BCUT2D eigenvalue weighted by Crippen LogP contribution is 2.13. The average Bonchev–Trinajstić information content (AvgIpc) is 2.83. The van der Waals surface area contributed by atoms with Crippen LogP contribution in [0.4, 0.5) is 0 Å². The number of para-hydroxylation sites is 2. The first-order chi connectivity index (χ1) is 8.86. The fraction of sp³-hybridized carbons (Fsp3) is 0. The van der Waals surface area contributed by atoms with Crippen LogP contribution in [0, 0.1) is 4.77 Å². The molecule has 1 heterocycles. The highest BCUT2D eigenvalue weighted by atomic mass is 32.1. The molecular formula is C15H12N2S. The van der Waals surface area contributed by atoms with Gasteiger partial charge in [-0.1, -0.05) is 36.4 Å². The van der Waals surface area contributed by atoms with Gasteiger partial charge in [0.2, 0.25) is 0 Å². The number of rotatable bonds is 2. The monoisotopic (exact) mass is 252 g/mol. The van der Waals surface area contributed by atoms with Crippen molar-refractivity contribution in [2.24, 2.45) is 0 Å². The molecule has 3 rings (SSSR count). The van der Waals surface area contributed by atoms with Gasteiger partial charge < -0.3 is 0 Å². The van der Waals surface area contributed by atoms with Gasteiger partial charge >= 0.3 is 0 Å². The van der Waals surface area contributed by atoms with Gasteiger partial charge in [-0.05, 0) is 36.5 Å². The lowest BCUT2D eigenvalue weighted by molar-refractivity contribution is 0.957. The van der Waals surface area contributed by atoms with Crippen LogP contribution in [0.1, 0.15) is 0 Å². The van der Waals surface area contributed by atoms with Crippen LogP contribution in [0.3, 0.4) is 0 Å². The number of hydrogen-bond acceptors (Lipinski definition) is 1. The lowest BCUT2D eigenvalue weighted by Gasteiger charge is -2.04. The second kappa shape index (κ2) is 4.63. The van der Waals surface area contributed by atoms with E-state index in [2.05, 4.69) is 0 Å². The zero-order valence-corrected chi connectivity index (χ0v) is 10.5. The Hall–Kier alpha value is -2.13. The van der Waals surface area contributed by atoms with Gasteiger partial charge in [0.1, 0.15) is 0 Å². The minimum absolute atomic E-state index is 0.771. The normalized spacial score (nSPS) is 10.4. The lowest BCUT2D eigenvalue weighted by Crippen LogP contribution is -1.96. The molecule has 1 aromatic heterocycles. The van der Waals surface area contributed by atoms with Gasteiger partial charge in [0.05, 0.1) is 0 Å². The van der Waals surface area contributed by atoms with Crippen LogP contribution in [0.2, 0.25) is 0 Å². The molecule has 0 N–H and O–H groups in total. The molecule has 0 bridgehead atoms. The van der Waals surface area contributed by atoms with E-state index in [1.165, 1.54) is 0 Å². The second-order valence-electron chi connectivity index (χ2n) is 3.99. The first-order valence-electron chi connectivity index (χ1n) is 5.77. The number of imidazole rings is 1. The first-order valence-corrected chi connectivity index (χ1v) is 6.18. The maximum absolute atomic E-state index is 5.52. The number of hydrogen-bond donors (Lipinski definition) is 0. The van der Waals surface area contributed by atoms with E-state index in [0.717, 1.165) is 16.1 Å². The van der Waals surface area contributed by atoms with Crippen LogP contribution in [0.25, 0.3) is 11.4 Å². The van der Waals surface area contributed by atoms with Crippen LogP contribution < -0.4 is 0 Å². The molecule has 0 spiro atoms. The molecule has 88 valence electrons. The Morgan fingerprint density at radius 3 is 1.39 bits per heavy atom. The highest BCUT2D eigenvalue weighted by molar-refractivity contribution is 7.71. The molecule has 2 aromatic carbocycles. The van der Waals surface area contributed by atoms with E-state index in [1.807, 2.05) is 82.2 Å². The summed E-state index contributed by atoms with van der Waals surface area (Å²) in [5, 5.41) is 0. The Morgan fingerprint density at radius 2 is 1.00 bits per heavy atom. The third-order valence-electron chi connectivity index (χ3n) is 2.85. The molecule has 0 saturated heterocycles. The summed E-state index contributed by atoms with van der Waals surface area (Å²) in [6.45, 7) is 0. The van der Waals surface area contributed by atoms with Gasteiger partial charge in [-0.3, -0.25) is 9.13 Å². The Morgan fingerprint density at radius 1 is 0.611 bits per heavy atom. The van der Waals surface area contributed by atoms with Crippen LogP contribution in [-0.4, -0.2) is 9.13 Å². The van der Waals surface area contributed by atoms with E-state index in [1.54, 1.807) is 0 Å². The fourth-order valence-electron chi connectivity index (χ4n) is 1.95. The molecule has 0 fully saturated rings. The van der Waals surface area contributed by atoms with Gasteiger partial charge in [-0.2, -0.15) is 0 Å². The molecule has 0 atom stereocenters. The van der Waals surface area contributed by atoms with Crippen molar-refractivity contribution in [3.05, 3.63) is 77.8 Å². The predicted molar refractivity (Wildman–Crippen MR) is 75.9 cm³/mol. The second-order valence-corrected chi connectivity index (χ2v) is 4.36. The smallest absolute Gasteiger partial charge is 0.189 e. The van der Waals surface area contributed by atoms with E-state index in [-0.39, 0.29) is 0 Å². The Balaban J connectivity index is 2.12. The molecule has 0 aliphatic heterocycles. The summed E-state index contributed by atoms with van der Waals surface area (Å²) in [4.78, 5) is 0. The van der Waals surface area contributed by atoms with Gasteiger partial charge in [0.25, 0.3) is 0 Å².